The van der Waals surface area contributed by atoms with Crippen LogP contribution >= 0.6 is 0 Å². The SMILES string of the molecule is COc1ccc(S(=O)(=O)Oc2c(O)cccc2O)cc1. The highest BCUT2D eigenvalue weighted by molar-refractivity contribution is 7.87. The fourth-order valence-electron chi connectivity index (χ4n) is 1.50. The molecule has 0 fully saturated rings. The lowest BCUT2D eigenvalue weighted by Gasteiger charge is -2.10. The van der Waals surface area contributed by atoms with Gasteiger partial charge in [-0.2, -0.15) is 8.42 Å². The van der Waals surface area contributed by atoms with Gasteiger partial charge < -0.3 is 19.1 Å². The predicted octanol–water partition coefficient (Wildman–Crippen LogP) is 1.87. The molecule has 0 heterocycles. The van der Waals surface area contributed by atoms with Gasteiger partial charge in [0.2, 0.25) is 5.75 Å². The van der Waals surface area contributed by atoms with Gasteiger partial charge in [-0.05, 0) is 36.4 Å². The first-order valence-electron chi connectivity index (χ1n) is 5.53. The van der Waals surface area contributed by atoms with Crippen LogP contribution in [0.15, 0.2) is 47.4 Å². The molecule has 106 valence electrons. The van der Waals surface area contributed by atoms with Gasteiger partial charge in [-0.25, -0.2) is 0 Å². The van der Waals surface area contributed by atoms with Crippen LogP contribution in [0, 0.1) is 0 Å². The van der Waals surface area contributed by atoms with Crippen LogP contribution in [0.3, 0.4) is 0 Å². The van der Waals surface area contributed by atoms with Gasteiger partial charge in [0.15, 0.2) is 11.5 Å². The van der Waals surface area contributed by atoms with Crippen molar-refractivity contribution in [3.05, 3.63) is 42.5 Å². The highest BCUT2D eigenvalue weighted by Gasteiger charge is 2.21. The maximum Gasteiger partial charge on any atom is 0.339 e. The second-order valence-electron chi connectivity index (χ2n) is 3.84. The summed E-state index contributed by atoms with van der Waals surface area (Å²) in [5, 5.41) is 19.0. The number of para-hydroxylation sites is 1. The van der Waals surface area contributed by atoms with Gasteiger partial charge in [-0.15, -0.1) is 0 Å². The maximum absolute atomic E-state index is 12.0. The molecule has 2 aromatic rings. The van der Waals surface area contributed by atoms with E-state index in [0.717, 1.165) is 0 Å². The van der Waals surface area contributed by atoms with Crippen molar-refractivity contribution in [1.82, 2.24) is 0 Å². The van der Waals surface area contributed by atoms with Crippen LogP contribution in [0.4, 0.5) is 0 Å². The fourth-order valence-corrected chi connectivity index (χ4v) is 2.45. The predicted molar refractivity (Wildman–Crippen MR) is 70.6 cm³/mol. The van der Waals surface area contributed by atoms with E-state index < -0.39 is 27.4 Å². The first kappa shape index (κ1) is 14.0. The molecule has 0 radical (unpaired) electrons. The van der Waals surface area contributed by atoms with Crippen molar-refractivity contribution in [2.45, 2.75) is 4.90 Å². The molecule has 2 rings (SSSR count). The van der Waals surface area contributed by atoms with Gasteiger partial charge in [0.1, 0.15) is 10.6 Å². The molecule has 2 N–H and O–H groups in total. The average Bonchev–Trinajstić information content (AvgIpc) is 2.43. The highest BCUT2D eigenvalue weighted by atomic mass is 32.2. The van der Waals surface area contributed by atoms with E-state index in [1.165, 1.54) is 49.6 Å². The molecule has 0 bridgehead atoms. The molecule has 7 heteroatoms. The number of benzene rings is 2. The van der Waals surface area contributed by atoms with Crippen LogP contribution in [-0.2, 0) is 10.1 Å². The summed E-state index contributed by atoms with van der Waals surface area (Å²) in [7, 11) is -2.70. The lowest BCUT2D eigenvalue weighted by molar-refractivity contribution is 0.395. The van der Waals surface area contributed by atoms with E-state index in [4.69, 9.17) is 8.92 Å². The molecular weight excluding hydrogens is 284 g/mol. The molecule has 0 amide bonds. The topological polar surface area (TPSA) is 93.1 Å². The molecule has 0 saturated heterocycles. The molecule has 0 atom stereocenters. The van der Waals surface area contributed by atoms with Gasteiger partial charge in [-0.3, -0.25) is 0 Å². The number of hydrogen-bond acceptors (Lipinski definition) is 6. The summed E-state index contributed by atoms with van der Waals surface area (Å²) in [6, 6.07) is 9.28. The zero-order valence-electron chi connectivity index (χ0n) is 10.5. The van der Waals surface area contributed by atoms with Gasteiger partial charge in [0.25, 0.3) is 0 Å². The second-order valence-corrected chi connectivity index (χ2v) is 5.38. The molecule has 0 unspecified atom stereocenters. The van der Waals surface area contributed by atoms with Gasteiger partial charge in [-0.1, -0.05) is 6.07 Å². The van der Waals surface area contributed by atoms with E-state index >= 15 is 0 Å². The van der Waals surface area contributed by atoms with E-state index in [1.807, 2.05) is 0 Å². The van der Waals surface area contributed by atoms with Crippen molar-refractivity contribution >= 4 is 10.1 Å². The molecule has 0 spiro atoms. The summed E-state index contributed by atoms with van der Waals surface area (Å²) in [5.74, 6) is -0.957. The first-order valence-corrected chi connectivity index (χ1v) is 6.94. The first-order chi connectivity index (χ1) is 9.44. The number of ether oxygens (including phenoxy) is 1. The Balaban J connectivity index is 2.35. The largest absolute Gasteiger partial charge is 0.504 e. The van der Waals surface area contributed by atoms with Crippen LogP contribution in [0.1, 0.15) is 0 Å². The maximum atomic E-state index is 12.0. The van der Waals surface area contributed by atoms with E-state index in [-0.39, 0.29) is 4.90 Å². The zero-order valence-corrected chi connectivity index (χ0v) is 11.3. The number of phenols is 2. The normalized spacial score (nSPS) is 11.1. The average molecular weight is 296 g/mol. The molecule has 0 aliphatic rings. The molecule has 0 aromatic heterocycles. The van der Waals surface area contributed by atoms with Crippen molar-refractivity contribution in [2.75, 3.05) is 7.11 Å². The van der Waals surface area contributed by atoms with Crippen molar-refractivity contribution in [1.29, 1.82) is 0 Å². The summed E-state index contributed by atoms with van der Waals surface area (Å²) in [6.45, 7) is 0. The monoisotopic (exact) mass is 296 g/mol. The van der Waals surface area contributed by atoms with Gasteiger partial charge in [0.05, 0.1) is 7.11 Å². The number of methoxy groups -OCH3 is 1. The Kier molecular flexibility index (Phi) is 3.71. The number of rotatable bonds is 4. The highest BCUT2D eigenvalue weighted by Crippen LogP contribution is 2.37. The third-order valence-corrected chi connectivity index (χ3v) is 3.75. The minimum Gasteiger partial charge on any atom is -0.504 e. The van der Waals surface area contributed by atoms with E-state index in [0.29, 0.717) is 5.75 Å². The Morgan fingerprint density at radius 1 is 0.950 bits per heavy atom. The van der Waals surface area contributed by atoms with Crippen molar-refractivity contribution in [3.8, 4) is 23.0 Å². The molecule has 0 aliphatic carbocycles. The van der Waals surface area contributed by atoms with E-state index in [1.54, 1.807) is 0 Å². The van der Waals surface area contributed by atoms with Crippen molar-refractivity contribution in [2.24, 2.45) is 0 Å². The molecule has 2 aromatic carbocycles. The van der Waals surface area contributed by atoms with Gasteiger partial charge >= 0.3 is 10.1 Å². The van der Waals surface area contributed by atoms with Crippen LogP contribution in [0.5, 0.6) is 23.0 Å². The summed E-state index contributed by atoms with van der Waals surface area (Å²) in [6.07, 6.45) is 0. The lowest BCUT2D eigenvalue weighted by Crippen LogP contribution is -2.09. The Morgan fingerprint density at radius 2 is 1.50 bits per heavy atom. The summed E-state index contributed by atoms with van der Waals surface area (Å²) in [5.41, 5.74) is 0. The fraction of sp³-hybridized carbons (Fsp3) is 0.0769. The minimum absolute atomic E-state index is 0.124. The Morgan fingerprint density at radius 3 is 2.00 bits per heavy atom. The molecule has 0 saturated carbocycles. The third-order valence-electron chi connectivity index (χ3n) is 2.51. The second kappa shape index (κ2) is 5.30. The molecule has 20 heavy (non-hydrogen) atoms. The number of hydrogen-bond donors (Lipinski definition) is 2. The van der Waals surface area contributed by atoms with Crippen molar-refractivity contribution in [3.63, 3.8) is 0 Å². The smallest absolute Gasteiger partial charge is 0.339 e. The van der Waals surface area contributed by atoms with Crippen LogP contribution < -0.4 is 8.92 Å². The quantitative estimate of drug-likeness (QED) is 0.837. The third kappa shape index (κ3) is 2.77. The Labute approximate surface area is 116 Å². The Bertz CT molecular complexity index is 686. The van der Waals surface area contributed by atoms with Crippen LogP contribution in [0.2, 0.25) is 0 Å². The summed E-state index contributed by atoms with van der Waals surface area (Å²) >= 11 is 0. The summed E-state index contributed by atoms with van der Waals surface area (Å²) in [4.78, 5) is -0.124. The zero-order chi connectivity index (χ0) is 14.8. The molecule has 0 aliphatic heterocycles. The minimum atomic E-state index is -4.16. The van der Waals surface area contributed by atoms with E-state index in [9.17, 15) is 18.6 Å². The van der Waals surface area contributed by atoms with Crippen LogP contribution in [0.25, 0.3) is 0 Å². The molecular formula is C13H12O6S. The van der Waals surface area contributed by atoms with Crippen molar-refractivity contribution < 1.29 is 27.6 Å². The standard InChI is InChI=1S/C13H12O6S/c1-18-9-5-7-10(8-6-9)20(16,17)19-13-11(14)3-2-4-12(13)15/h2-8,14-15H,1H3. The Hall–Kier alpha value is -2.41. The van der Waals surface area contributed by atoms with Gasteiger partial charge in [0, 0.05) is 0 Å². The lowest BCUT2D eigenvalue weighted by atomic mass is 10.3. The molecule has 6 nitrogen and oxygen atoms in total. The van der Waals surface area contributed by atoms with Crippen LogP contribution in [-0.4, -0.2) is 25.7 Å². The summed E-state index contributed by atoms with van der Waals surface area (Å²) < 4.78 is 33.7. The number of phenolic OH excluding ortho intramolecular Hbond substituents is 2. The number of aromatic hydroxyl groups is 2. The van der Waals surface area contributed by atoms with E-state index in [2.05, 4.69) is 0 Å².